The Morgan fingerprint density at radius 2 is 1.93 bits per heavy atom. The minimum atomic E-state index is 0.261. The van der Waals surface area contributed by atoms with E-state index < -0.39 is 0 Å². The Morgan fingerprint density at radius 3 is 2.60 bits per heavy atom. The first-order valence-electron chi connectivity index (χ1n) is 5.54. The van der Waals surface area contributed by atoms with Crippen LogP contribution in [0.1, 0.15) is 25.3 Å². The summed E-state index contributed by atoms with van der Waals surface area (Å²) < 4.78 is 0. The van der Waals surface area contributed by atoms with Gasteiger partial charge in [0, 0.05) is 18.7 Å². The molecule has 1 aromatic rings. The van der Waals surface area contributed by atoms with E-state index in [9.17, 15) is 4.79 Å². The van der Waals surface area contributed by atoms with Crippen molar-refractivity contribution in [2.75, 3.05) is 11.4 Å². The van der Waals surface area contributed by atoms with E-state index in [4.69, 9.17) is 0 Å². The van der Waals surface area contributed by atoms with Gasteiger partial charge in [0.25, 0.3) is 0 Å². The Kier molecular flexibility index (Phi) is 2.76. The molecule has 15 heavy (non-hydrogen) atoms. The Bertz CT molecular complexity index is 355. The van der Waals surface area contributed by atoms with Gasteiger partial charge in [0.2, 0.25) is 5.91 Å². The standard InChI is InChI=1S/C13H17NO/c1-10-3-6-12(7-4-10)14-9-11(2)5-8-13(14)15/h3-4,6-7,11H,5,8-9H2,1-2H3. The summed E-state index contributed by atoms with van der Waals surface area (Å²) in [4.78, 5) is 13.7. The molecular weight excluding hydrogens is 186 g/mol. The topological polar surface area (TPSA) is 20.3 Å². The molecule has 0 spiro atoms. The molecule has 1 heterocycles. The fourth-order valence-electron chi connectivity index (χ4n) is 1.98. The minimum absolute atomic E-state index is 0.261. The second-order valence-electron chi connectivity index (χ2n) is 4.48. The summed E-state index contributed by atoms with van der Waals surface area (Å²) in [6, 6.07) is 8.18. The van der Waals surface area contributed by atoms with Gasteiger partial charge in [0.05, 0.1) is 0 Å². The number of carbonyl (C=O) groups excluding carboxylic acids is 1. The van der Waals surface area contributed by atoms with E-state index in [0.29, 0.717) is 12.3 Å². The maximum absolute atomic E-state index is 11.8. The number of amides is 1. The number of rotatable bonds is 1. The van der Waals surface area contributed by atoms with Crippen LogP contribution in [-0.4, -0.2) is 12.5 Å². The van der Waals surface area contributed by atoms with E-state index in [2.05, 4.69) is 26.0 Å². The monoisotopic (exact) mass is 203 g/mol. The van der Waals surface area contributed by atoms with Crippen molar-refractivity contribution < 1.29 is 4.79 Å². The molecule has 2 heteroatoms. The summed E-state index contributed by atoms with van der Waals surface area (Å²) in [5, 5.41) is 0. The molecule has 0 N–H and O–H groups in total. The second kappa shape index (κ2) is 4.05. The molecule has 0 bridgehead atoms. The number of nitrogens with zero attached hydrogens (tertiary/aromatic N) is 1. The van der Waals surface area contributed by atoms with Crippen LogP contribution in [0, 0.1) is 12.8 Å². The van der Waals surface area contributed by atoms with Gasteiger partial charge in [-0.1, -0.05) is 24.6 Å². The highest BCUT2D eigenvalue weighted by Gasteiger charge is 2.23. The maximum Gasteiger partial charge on any atom is 0.226 e. The first-order valence-corrected chi connectivity index (χ1v) is 5.54. The number of piperidine rings is 1. The first kappa shape index (κ1) is 10.2. The Hall–Kier alpha value is -1.31. The van der Waals surface area contributed by atoms with Gasteiger partial charge in [-0.25, -0.2) is 0 Å². The van der Waals surface area contributed by atoms with Gasteiger partial charge in [-0.2, -0.15) is 0 Å². The molecule has 1 fully saturated rings. The van der Waals surface area contributed by atoms with Crippen molar-refractivity contribution in [3.8, 4) is 0 Å². The zero-order chi connectivity index (χ0) is 10.8. The van der Waals surface area contributed by atoms with Crippen LogP contribution in [0.5, 0.6) is 0 Å². The van der Waals surface area contributed by atoms with Crippen molar-refractivity contribution in [2.45, 2.75) is 26.7 Å². The van der Waals surface area contributed by atoms with Crippen LogP contribution < -0.4 is 4.90 Å². The van der Waals surface area contributed by atoms with Crippen LogP contribution in [0.3, 0.4) is 0 Å². The summed E-state index contributed by atoms with van der Waals surface area (Å²) in [5.74, 6) is 0.876. The zero-order valence-electron chi connectivity index (χ0n) is 9.36. The lowest BCUT2D eigenvalue weighted by Gasteiger charge is -2.30. The van der Waals surface area contributed by atoms with Gasteiger partial charge in [-0.3, -0.25) is 4.79 Å². The van der Waals surface area contributed by atoms with Gasteiger partial charge in [-0.15, -0.1) is 0 Å². The van der Waals surface area contributed by atoms with E-state index in [1.54, 1.807) is 0 Å². The van der Waals surface area contributed by atoms with Crippen molar-refractivity contribution in [3.63, 3.8) is 0 Å². The summed E-state index contributed by atoms with van der Waals surface area (Å²) >= 11 is 0. The van der Waals surface area contributed by atoms with Crippen LogP contribution in [0.2, 0.25) is 0 Å². The lowest BCUT2D eigenvalue weighted by Crippen LogP contribution is -2.39. The molecule has 1 aliphatic heterocycles. The molecule has 0 aromatic heterocycles. The third kappa shape index (κ3) is 2.20. The number of anilines is 1. The van der Waals surface area contributed by atoms with E-state index in [-0.39, 0.29) is 5.91 Å². The van der Waals surface area contributed by atoms with Crippen molar-refractivity contribution >= 4 is 11.6 Å². The van der Waals surface area contributed by atoms with E-state index >= 15 is 0 Å². The normalized spacial score (nSPS) is 21.9. The lowest BCUT2D eigenvalue weighted by molar-refractivity contribution is -0.120. The highest BCUT2D eigenvalue weighted by atomic mass is 16.2. The largest absolute Gasteiger partial charge is 0.312 e. The van der Waals surface area contributed by atoms with Crippen LogP contribution in [0.25, 0.3) is 0 Å². The van der Waals surface area contributed by atoms with Crippen molar-refractivity contribution in [2.24, 2.45) is 5.92 Å². The van der Waals surface area contributed by atoms with Crippen molar-refractivity contribution in [3.05, 3.63) is 29.8 Å². The number of aryl methyl sites for hydroxylation is 1. The van der Waals surface area contributed by atoms with Crippen molar-refractivity contribution in [1.29, 1.82) is 0 Å². The number of carbonyl (C=O) groups is 1. The molecule has 2 rings (SSSR count). The molecule has 0 saturated carbocycles. The Balaban J connectivity index is 2.21. The summed E-state index contributed by atoms with van der Waals surface area (Å²) in [6.07, 6.45) is 1.72. The second-order valence-corrected chi connectivity index (χ2v) is 4.48. The molecular formula is C13H17NO. The quantitative estimate of drug-likeness (QED) is 0.687. The first-order chi connectivity index (χ1) is 7.16. The van der Waals surface area contributed by atoms with E-state index in [1.165, 1.54) is 5.56 Å². The third-order valence-corrected chi connectivity index (χ3v) is 2.99. The van der Waals surface area contributed by atoms with E-state index in [1.807, 2.05) is 17.0 Å². The highest BCUT2D eigenvalue weighted by Crippen LogP contribution is 2.23. The molecule has 1 unspecified atom stereocenters. The Morgan fingerprint density at radius 1 is 1.27 bits per heavy atom. The Labute approximate surface area is 90.9 Å². The molecule has 1 amide bonds. The molecule has 1 aromatic carbocycles. The zero-order valence-corrected chi connectivity index (χ0v) is 9.36. The summed E-state index contributed by atoms with van der Waals surface area (Å²) in [6.45, 7) is 5.12. The fourth-order valence-corrected chi connectivity index (χ4v) is 1.98. The molecule has 1 aliphatic rings. The minimum Gasteiger partial charge on any atom is -0.312 e. The fraction of sp³-hybridized carbons (Fsp3) is 0.462. The molecule has 1 atom stereocenters. The SMILES string of the molecule is Cc1ccc(N2CC(C)CCC2=O)cc1. The van der Waals surface area contributed by atoms with E-state index in [0.717, 1.165) is 18.7 Å². The molecule has 1 saturated heterocycles. The van der Waals surface area contributed by atoms with Crippen LogP contribution >= 0.6 is 0 Å². The average molecular weight is 203 g/mol. The number of hydrogen-bond donors (Lipinski definition) is 0. The van der Waals surface area contributed by atoms with Crippen molar-refractivity contribution in [1.82, 2.24) is 0 Å². The summed E-state index contributed by atoms with van der Waals surface area (Å²) in [7, 11) is 0. The third-order valence-electron chi connectivity index (χ3n) is 2.99. The predicted octanol–water partition coefficient (Wildman–Crippen LogP) is 2.76. The average Bonchev–Trinajstić information content (AvgIpc) is 2.23. The van der Waals surface area contributed by atoms with Crippen LogP contribution in [-0.2, 0) is 4.79 Å². The van der Waals surface area contributed by atoms with Gasteiger partial charge >= 0.3 is 0 Å². The van der Waals surface area contributed by atoms with Crippen LogP contribution in [0.4, 0.5) is 5.69 Å². The highest BCUT2D eigenvalue weighted by molar-refractivity contribution is 5.94. The van der Waals surface area contributed by atoms with Gasteiger partial charge < -0.3 is 4.90 Å². The molecule has 2 nitrogen and oxygen atoms in total. The molecule has 0 radical (unpaired) electrons. The van der Waals surface area contributed by atoms with Gasteiger partial charge in [0.1, 0.15) is 0 Å². The molecule has 0 aliphatic carbocycles. The summed E-state index contributed by atoms with van der Waals surface area (Å²) in [5.41, 5.74) is 2.27. The maximum atomic E-state index is 11.8. The molecule has 80 valence electrons. The number of hydrogen-bond acceptors (Lipinski definition) is 1. The van der Waals surface area contributed by atoms with Gasteiger partial charge in [-0.05, 0) is 31.4 Å². The smallest absolute Gasteiger partial charge is 0.226 e. The van der Waals surface area contributed by atoms with Gasteiger partial charge in [0.15, 0.2) is 0 Å². The van der Waals surface area contributed by atoms with Crippen LogP contribution in [0.15, 0.2) is 24.3 Å². The number of benzene rings is 1. The lowest BCUT2D eigenvalue weighted by atomic mass is 9.99. The predicted molar refractivity (Wildman–Crippen MR) is 61.9 cm³/mol.